The molecule has 0 saturated carbocycles. The van der Waals surface area contributed by atoms with Gasteiger partial charge >= 0.3 is 0 Å². The van der Waals surface area contributed by atoms with Crippen LogP contribution in [0.25, 0.3) is 33.5 Å². The maximum atomic E-state index is 4.91. The summed E-state index contributed by atoms with van der Waals surface area (Å²) in [5.41, 5.74) is 4.08. The van der Waals surface area contributed by atoms with E-state index in [-0.39, 0.29) is 0 Å². The van der Waals surface area contributed by atoms with Crippen LogP contribution in [0.5, 0.6) is 0 Å². The normalized spacial score (nSPS) is 16.2. The molecule has 5 rings (SSSR count). The molecule has 1 saturated heterocycles. The van der Waals surface area contributed by atoms with Crippen LogP contribution in [0.2, 0.25) is 0 Å². The molecule has 2 N–H and O–H groups in total. The molecular weight excluding hydrogens is 300 g/mol. The molecule has 4 aromatic heterocycles. The highest BCUT2D eigenvalue weighted by Crippen LogP contribution is 2.34. The number of nitrogens with one attached hydrogen (secondary N) is 2. The Morgan fingerprint density at radius 1 is 1.12 bits per heavy atom. The molecule has 4 aromatic rings. The molecule has 0 amide bonds. The Balaban J connectivity index is 1.84. The lowest BCUT2D eigenvalue weighted by Gasteiger charge is -2.26. The number of pyridine rings is 2. The summed E-state index contributed by atoms with van der Waals surface area (Å²) in [7, 11) is 0. The molecule has 1 aliphatic rings. The zero-order valence-corrected chi connectivity index (χ0v) is 13.2. The number of aromatic nitrogens is 5. The summed E-state index contributed by atoms with van der Waals surface area (Å²) in [5, 5.41) is 4.58. The van der Waals surface area contributed by atoms with Crippen molar-refractivity contribution >= 4 is 22.1 Å². The smallest absolute Gasteiger partial charge is 0.143 e. The van der Waals surface area contributed by atoms with Crippen molar-refractivity contribution in [2.45, 2.75) is 18.9 Å². The van der Waals surface area contributed by atoms with Crippen LogP contribution in [-0.4, -0.2) is 37.6 Å². The first-order chi connectivity index (χ1) is 11.9. The Morgan fingerprint density at radius 3 is 2.88 bits per heavy atom. The summed E-state index contributed by atoms with van der Waals surface area (Å²) in [5.74, 6) is 0.987. The second-order valence-corrected chi connectivity index (χ2v) is 6.26. The van der Waals surface area contributed by atoms with Gasteiger partial charge in [0.15, 0.2) is 0 Å². The van der Waals surface area contributed by atoms with E-state index in [2.05, 4.69) is 37.0 Å². The van der Waals surface area contributed by atoms with Crippen LogP contribution in [0.3, 0.4) is 0 Å². The number of nitrogens with zero attached hydrogens (tertiary/aromatic N) is 4. The highest BCUT2D eigenvalue weighted by atomic mass is 15.1. The summed E-state index contributed by atoms with van der Waals surface area (Å²) in [4.78, 5) is 16.9. The topological polar surface area (TPSA) is 71.4 Å². The molecule has 5 heterocycles. The predicted octanol–water partition coefficient (Wildman–Crippen LogP) is 2.90. The molecular formula is C18H18N6. The average molecular weight is 318 g/mol. The summed E-state index contributed by atoms with van der Waals surface area (Å²) in [6.07, 6.45) is 9.71. The fourth-order valence-electron chi connectivity index (χ4n) is 3.71. The second kappa shape index (κ2) is 5.42. The minimum atomic E-state index is 0.437. The van der Waals surface area contributed by atoms with Gasteiger partial charge in [-0.25, -0.2) is 9.97 Å². The third kappa shape index (κ3) is 2.03. The van der Waals surface area contributed by atoms with Crippen molar-refractivity contribution in [1.82, 2.24) is 29.8 Å². The van der Waals surface area contributed by atoms with Crippen molar-refractivity contribution in [3.63, 3.8) is 0 Å². The van der Waals surface area contributed by atoms with E-state index in [0.29, 0.717) is 6.04 Å². The summed E-state index contributed by atoms with van der Waals surface area (Å²) in [6.45, 7) is 2.08. The Labute approximate surface area is 139 Å². The van der Waals surface area contributed by atoms with Gasteiger partial charge in [-0.05, 0) is 44.1 Å². The van der Waals surface area contributed by atoms with Gasteiger partial charge in [0.05, 0.1) is 11.7 Å². The van der Waals surface area contributed by atoms with Crippen molar-refractivity contribution in [3.8, 4) is 11.4 Å². The first-order valence-corrected chi connectivity index (χ1v) is 8.37. The highest BCUT2D eigenvalue weighted by Gasteiger charge is 2.23. The number of hydrogen-bond acceptors (Lipinski definition) is 4. The van der Waals surface area contributed by atoms with E-state index in [0.717, 1.165) is 53.9 Å². The van der Waals surface area contributed by atoms with E-state index in [9.17, 15) is 0 Å². The molecule has 0 spiro atoms. The Morgan fingerprint density at radius 2 is 2.04 bits per heavy atom. The minimum absolute atomic E-state index is 0.437. The van der Waals surface area contributed by atoms with Crippen molar-refractivity contribution < 1.29 is 0 Å². The zero-order chi connectivity index (χ0) is 15.9. The molecule has 6 heteroatoms. The lowest BCUT2D eigenvalue weighted by Crippen LogP contribution is -2.29. The maximum absolute atomic E-state index is 4.91. The SMILES string of the molecule is c1cncc(-c2nc3cnc4[nH]ccc4c3n2C2CCNCC2)c1. The molecule has 1 aliphatic heterocycles. The van der Waals surface area contributed by atoms with Gasteiger partial charge in [0, 0.05) is 35.6 Å². The Hall–Kier alpha value is -2.73. The largest absolute Gasteiger partial charge is 0.346 e. The lowest BCUT2D eigenvalue weighted by atomic mass is 10.1. The van der Waals surface area contributed by atoms with Crippen LogP contribution in [0.1, 0.15) is 18.9 Å². The van der Waals surface area contributed by atoms with Gasteiger partial charge < -0.3 is 14.9 Å². The summed E-state index contributed by atoms with van der Waals surface area (Å²) < 4.78 is 2.41. The van der Waals surface area contributed by atoms with Gasteiger partial charge in [-0.3, -0.25) is 4.98 Å². The number of piperidine rings is 1. The van der Waals surface area contributed by atoms with Crippen LogP contribution >= 0.6 is 0 Å². The molecule has 0 atom stereocenters. The Kier molecular flexibility index (Phi) is 3.09. The van der Waals surface area contributed by atoms with E-state index in [1.54, 1.807) is 6.20 Å². The molecule has 0 radical (unpaired) electrons. The van der Waals surface area contributed by atoms with E-state index in [1.807, 2.05) is 24.7 Å². The molecule has 0 bridgehead atoms. The highest BCUT2D eigenvalue weighted by molar-refractivity contribution is 6.02. The van der Waals surface area contributed by atoms with Gasteiger partial charge in [0.1, 0.15) is 17.0 Å². The Bertz CT molecular complexity index is 994. The predicted molar refractivity (Wildman–Crippen MR) is 93.8 cm³/mol. The number of fused-ring (bicyclic) bond motifs is 3. The molecule has 24 heavy (non-hydrogen) atoms. The lowest BCUT2D eigenvalue weighted by molar-refractivity contribution is 0.377. The summed E-state index contributed by atoms with van der Waals surface area (Å²) in [6, 6.07) is 6.57. The van der Waals surface area contributed by atoms with Gasteiger partial charge in [-0.15, -0.1) is 0 Å². The van der Waals surface area contributed by atoms with E-state index >= 15 is 0 Å². The van der Waals surface area contributed by atoms with E-state index in [1.165, 1.54) is 5.52 Å². The van der Waals surface area contributed by atoms with Gasteiger partial charge in [-0.1, -0.05) is 0 Å². The van der Waals surface area contributed by atoms with Gasteiger partial charge in [0.2, 0.25) is 0 Å². The van der Waals surface area contributed by atoms with Crippen LogP contribution < -0.4 is 5.32 Å². The van der Waals surface area contributed by atoms with Crippen molar-refractivity contribution in [2.75, 3.05) is 13.1 Å². The zero-order valence-electron chi connectivity index (χ0n) is 13.2. The van der Waals surface area contributed by atoms with E-state index in [4.69, 9.17) is 4.98 Å². The molecule has 1 fully saturated rings. The van der Waals surface area contributed by atoms with Crippen LogP contribution in [0, 0.1) is 0 Å². The number of imidazole rings is 1. The van der Waals surface area contributed by atoms with Crippen molar-refractivity contribution in [2.24, 2.45) is 0 Å². The number of rotatable bonds is 2. The average Bonchev–Trinajstić information content (AvgIpc) is 3.27. The second-order valence-electron chi connectivity index (χ2n) is 6.26. The third-order valence-corrected chi connectivity index (χ3v) is 4.83. The fourth-order valence-corrected chi connectivity index (χ4v) is 3.71. The van der Waals surface area contributed by atoms with Crippen LogP contribution in [0.4, 0.5) is 0 Å². The quantitative estimate of drug-likeness (QED) is 0.596. The van der Waals surface area contributed by atoms with Crippen molar-refractivity contribution in [3.05, 3.63) is 43.0 Å². The van der Waals surface area contributed by atoms with Crippen LogP contribution in [0.15, 0.2) is 43.0 Å². The van der Waals surface area contributed by atoms with Crippen LogP contribution in [-0.2, 0) is 0 Å². The number of hydrogen-bond donors (Lipinski definition) is 2. The molecule has 6 nitrogen and oxygen atoms in total. The monoisotopic (exact) mass is 318 g/mol. The van der Waals surface area contributed by atoms with E-state index < -0.39 is 0 Å². The minimum Gasteiger partial charge on any atom is -0.346 e. The molecule has 0 unspecified atom stereocenters. The van der Waals surface area contributed by atoms with Crippen molar-refractivity contribution in [1.29, 1.82) is 0 Å². The first-order valence-electron chi connectivity index (χ1n) is 8.37. The van der Waals surface area contributed by atoms with Gasteiger partial charge in [-0.2, -0.15) is 0 Å². The molecule has 0 aliphatic carbocycles. The first kappa shape index (κ1) is 13.7. The van der Waals surface area contributed by atoms with Gasteiger partial charge in [0.25, 0.3) is 0 Å². The number of aromatic amines is 1. The molecule has 0 aromatic carbocycles. The maximum Gasteiger partial charge on any atom is 0.143 e. The standard InChI is InChI=1S/C18H18N6/c1-2-12(10-20-6-1)18-23-15-11-22-17-14(5-9-21-17)16(15)24(18)13-3-7-19-8-4-13/h1-2,5-6,9-11,13,19H,3-4,7-8H2,(H,21,22). The fraction of sp³-hybridized carbons (Fsp3) is 0.278. The third-order valence-electron chi connectivity index (χ3n) is 4.83. The molecule has 120 valence electrons. The number of H-pyrrole nitrogens is 1. The summed E-state index contributed by atoms with van der Waals surface area (Å²) >= 11 is 0.